The molecule has 0 aliphatic heterocycles. The van der Waals surface area contributed by atoms with Crippen molar-refractivity contribution < 1.29 is 8.42 Å². The molecule has 2 N–H and O–H groups in total. The highest BCUT2D eigenvalue weighted by atomic mass is 32.2. The van der Waals surface area contributed by atoms with Gasteiger partial charge in [0.2, 0.25) is 10.0 Å². The van der Waals surface area contributed by atoms with Crippen LogP contribution in [0.5, 0.6) is 0 Å². The molecule has 33 heavy (non-hydrogen) atoms. The molecule has 0 amide bonds. The number of sulfonamides is 1. The highest BCUT2D eigenvalue weighted by Crippen LogP contribution is 2.32. The van der Waals surface area contributed by atoms with E-state index in [2.05, 4.69) is 14.7 Å². The van der Waals surface area contributed by atoms with Gasteiger partial charge in [-0.2, -0.15) is 0 Å². The predicted octanol–water partition coefficient (Wildman–Crippen LogP) is 5.41. The van der Waals surface area contributed by atoms with Gasteiger partial charge in [-0.15, -0.1) is 0 Å². The van der Waals surface area contributed by atoms with Gasteiger partial charge in [0.15, 0.2) is 0 Å². The van der Waals surface area contributed by atoms with Gasteiger partial charge in [-0.1, -0.05) is 67.9 Å². The zero-order valence-electron chi connectivity index (χ0n) is 18.8. The number of benzene rings is 2. The molecule has 0 aliphatic carbocycles. The molecule has 0 radical (unpaired) electrons. The summed E-state index contributed by atoms with van der Waals surface area (Å²) in [5.41, 5.74) is 5.61. The van der Waals surface area contributed by atoms with E-state index in [1.807, 2.05) is 73.7 Å². The van der Waals surface area contributed by atoms with E-state index < -0.39 is 15.3 Å². The topological polar surface area (TPSA) is 87.7 Å². The first-order valence-electron chi connectivity index (χ1n) is 11.1. The maximum absolute atomic E-state index is 12.4. The number of rotatable bonds is 9. The Balaban J connectivity index is 1.61. The smallest absolute Gasteiger partial charge is 0.214 e. The monoisotopic (exact) mass is 460 g/mol. The number of nitrogens with zero attached hydrogens (tertiary/aromatic N) is 2. The van der Waals surface area contributed by atoms with Gasteiger partial charge in [-0.05, 0) is 31.0 Å². The van der Waals surface area contributed by atoms with Crippen LogP contribution in [0.2, 0.25) is 0 Å². The Hall–Kier alpha value is -3.29. The average Bonchev–Trinajstić information content (AvgIpc) is 3.30. The van der Waals surface area contributed by atoms with Crippen LogP contribution in [0.1, 0.15) is 32.3 Å². The van der Waals surface area contributed by atoms with Crippen molar-refractivity contribution in [3.05, 3.63) is 84.7 Å². The van der Waals surface area contributed by atoms with E-state index in [0.717, 1.165) is 45.9 Å². The first-order valence-corrected chi connectivity index (χ1v) is 12.7. The molecule has 170 valence electrons. The number of aromatic amines is 1. The molecule has 0 fully saturated rings. The fraction of sp³-hybridized carbons (Fsp3) is 0.231. The van der Waals surface area contributed by atoms with E-state index in [9.17, 15) is 8.42 Å². The van der Waals surface area contributed by atoms with Crippen LogP contribution in [0.4, 0.5) is 0 Å². The fourth-order valence-electron chi connectivity index (χ4n) is 3.71. The number of nitrogens with one attached hydrogen (secondary N) is 2. The van der Waals surface area contributed by atoms with Crippen molar-refractivity contribution in [1.82, 2.24) is 19.7 Å². The first kappa shape index (κ1) is 22.9. The highest BCUT2D eigenvalue weighted by Gasteiger charge is 2.19. The lowest BCUT2D eigenvalue weighted by Crippen LogP contribution is -2.32. The predicted molar refractivity (Wildman–Crippen MR) is 133 cm³/mol. The Labute approximate surface area is 195 Å². The molecule has 0 saturated carbocycles. The molecule has 2 heterocycles. The Morgan fingerprint density at radius 2 is 1.61 bits per heavy atom. The molecule has 0 bridgehead atoms. The summed E-state index contributed by atoms with van der Waals surface area (Å²) in [6, 6.07) is 21.8. The lowest BCUT2D eigenvalue weighted by atomic mass is 10.0. The number of H-pyrrole nitrogens is 1. The van der Waals surface area contributed by atoms with Gasteiger partial charge >= 0.3 is 0 Å². The van der Waals surface area contributed by atoms with Gasteiger partial charge in [0, 0.05) is 35.6 Å². The van der Waals surface area contributed by atoms with E-state index in [-0.39, 0.29) is 6.54 Å². The van der Waals surface area contributed by atoms with Crippen molar-refractivity contribution in [2.24, 2.45) is 0 Å². The number of hydrogen-bond acceptors (Lipinski definition) is 4. The van der Waals surface area contributed by atoms with Crippen molar-refractivity contribution in [1.29, 1.82) is 0 Å². The summed E-state index contributed by atoms with van der Waals surface area (Å²) in [5.74, 6) is 0.791. The van der Waals surface area contributed by atoms with Crippen molar-refractivity contribution in [3.63, 3.8) is 0 Å². The van der Waals surface area contributed by atoms with Crippen LogP contribution in [0.3, 0.4) is 0 Å². The van der Waals surface area contributed by atoms with E-state index in [1.54, 1.807) is 19.3 Å². The molecule has 0 aliphatic rings. The standard InChI is InChI=1S/C26H28N4O2S/c1-3-7-19(2)33(31,32)28-18-20-10-12-21(13-11-20)24-25(22-14-16-27-17-15-22)30-26(29-24)23-8-5-4-6-9-23/h4-6,8-17,19,28H,3,7,18H2,1-2H3,(H,29,30). The van der Waals surface area contributed by atoms with Crippen LogP contribution >= 0.6 is 0 Å². The normalized spacial score (nSPS) is 12.5. The highest BCUT2D eigenvalue weighted by molar-refractivity contribution is 7.90. The van der Waals surface area contributed by atoms with Gasteiger partial charge in [0.1, 0.15) is 5.82 Å². The van der Waals surface area contributed by atoms with Gasteiger partial charge < -0.3 is 4.98 Å². The van der Waals surface area contributed by atoms with E-state index >= 15 is 0 Å². The number of hydrogen-bond donors (Lipinski definition) is 2. The molecule has 2 aromatic carbocycles. The zero-order valence-corrected chi connectivity index (χ0v) is 19.6. The van der Waals surface area contributed by atoms with Gasteiger partial charge in [0.05, 0.1) is 16.6 Å². The molecule has 4 rings (SSSR count). The lowest BCUT2D eigenvalue weighted by Gasteiger charge is -2.13. The molecule has 1 atom stereocenters. The van der Waals surface area contributed by atoms with Crippen LogP contribution in [0, 0.1) is 0 Å². The van der Waals surface area contributed by atoms with Crippen molar-refractivity contribution in [2.45, 2.75) is 38.5 Å². The number of imidazole rings is 1. The third-order valence-electron chi connectivity index (χ3n) is 5.65. The molecule has 4 aromatic rings. The van der Waals surface area contributed by atoms with E-state index in [1.165, 1.54) is 0 Å². The zero-order chi connectivity index (χ0) is 23.3. The third-order valence-corrected chi connectivity index (χ3v) is 7.49. The van der Waals surface area contributed by atoms with Crippen molar-refractivity contribution in [2.75, 3.05) is 0 Å². The van der Waals surface area contributed by atoms with E-state index in [0.29, 0.717) is 6.42 Å². The third kappa shape index (κ3) is 5.38. The molecule has 0 spiro atoms. The maximum Gasteiger partial charge on any atom is 0.214 e. The molecule has 6 nitrogen and oxygen atoms in total. The molecule has 0 saturated heterocycles. The quantitative estimate of drug-likeness (QED) is 0.349. The van der Waals surface area contributed by atoms with Crippen LogP contribution in [0.15, 0.2) is 79.1 Å². The SMILES string of the molecule is CCCC(C)S(=O)(=O)NCc1ccc(-c2[nH]c(-c3ccccc3)nc2-c2ccncc2)cc1. The second kappa shape index (κ2) is 10.1. The minimum Gasteiger partial charge on any atom is -0.337 e. The summed E-state index contributed by atoms with van der Waals surface area (Å²) < 4.78 is 27.5. The largest absolute Gasteiger partial charge is 0.337 e. The Kier molecular flexibility index (Phi) is 7.01. The van der Waals surface area contributed by atoms with Gasteiger partial charge in [-0.3, -0.25) is 4.98 Å². The molecule has 2 aromatic heterocycles. The van der Waals surface area contributed by atoms with Crippen LogP contribution < -0.4 is 4.72 Å². The van der Waals surface area contributed by atoms with Crippen LogP contribution in [-0.2, 0) is 16.6 Å². The van der Waals surface area contributed by atoms with Gasteiger partial charge in [0.25, 0.3) is 0 Å². The second-order valence-electron chi connectivity index (χ2n) is 8.07. The van der Waals surface area contributed by atoms with Gasteiger partial charge in [-0.25, -0.2) is 18.1 Å². The average molecular weight is 461 g/mol. The summed E-state index contributed by atoms with van der Waals surface area (Å²) in [6.07, 6.45) is 5.00. The minimum absolute atomic E-state index is 0.270. The summed E-state index contributed by atoms with van der Waals surface area (Å²) >= 11 is 0. The molecule has 7 heteroatoms. The Bertz CT molecular complexity index is 1290. The maximum atomic E-state index is 12.4. The van der Waals surface area contributed by atoms with Crippen LogP contribution in [-0.4, -0.2) is 28.6 Å². The number of pyridine rings is 1. The van der Waals surface area contributed by atoms with Crippen molar-refractivity contribution in [3.8, 4) is 33.9 Å². The Morgan fingerprint density at radius 3 is 2.27 bits per heavy atom. The minimum atomic E-state index is -3.33. The summed E-state index contributed by atoms with van der Waals surface area (Å²) in [6.45, 7) is 4.01. The molecular weight excluding hydrogens is 432 g/mol. The summed E-state index contributed by atoms with van der Waals surface area (Å²) in [4.78, 5) is 12.5. The summed E-state index contributed by atoms with van der Waals surface area (Å²) in [7, 11) is -3.33. The fourth-order valence-corrected chi connectivity index (χ4v) is 4.91. The van der Waals surface area contributed by atoms with E-state index in [4.69, 9.17) is 4.98 Å². The molecule has 1 unspecified atom stereocenters. The van der Waals surface area contributed by atoms with Crippen LogP contribution in [0.25, 0.3) is 33.9 Å². The Morgan fingerprint density at radius 1 is 0.909 bits per heavy atom. The van der Waals surface area contributed by atoms with Crippen molar-refractivity contribution >= 4 is 10.0 Å². The first-order chi connectivity index (χ1) is 16.0. The summed E-state index contributed by atoms with van der Waals surface area (Å²) in [5, 5.41) is -0.397. The molecular formula is C26H28N4O2S. The second-order valence-corrected chi connectivity index (χ2v) is 10.3. The lowest BCUT2D eigenvalue weighted by molar-refractivity contribution is 0.561. The number of aromatic nitrogens is 3.